The zero-order valence-electron chi connectivity index (χ0n) is 13.4. The van der Waals surface area contributed by atoms with E-state index >= 15 is 0 Å². The minimum Gasteiger partial charge on any atom is -0.272 e. The summed E-state index contributed by atoms with van der Waals surface area (Å²) in [4.78, 5) is 16.1. The van der Waals surface area contributed by atoms with Gasteiger partial charge in [-0.15, -0.1) is 0 Å². The minimum atomic E-state index is -0.349. The zero-order chi connectivity index (χ0) is 16.9. The van der Waals surface area contributed by atoms with Gasteiger partial charge >= 0.3 is 0 Å². The molecule has 0 spiro atoms. The number of aromatic amines is 1. The van der Waals surface area contributed by atoms with Gasteiger partial charge in [-0.1, -0.05) is 18.2 Å². The molecule has 0 fully saturated rings. The van der Waals surface area contributed by atoms with Crippen LogP contribution in [0.3, 0.4) is 0 Å². The topological polar surface area (TPSA) is 83.0 Å². The molecule has 1 aromatic carbocycles. The van der Waals surface area contributed by atoms with Gasteiger partial charge in [-0.05, 0) is 43.2 Å². The first kappa shape index (κ1) is 15.6. The fraction of sp³-hybridized carbons (Fsp3) is 0.111. The van der Waals surface area contributed by atoms with Gasteiger partial charge in [-0.25, -0.2) is 5.43 Å². The molecule has 3 aromatic rings. The molecule has 6 nitrogen and oxygen atoms in total. The number of carbonyl (C=O) groups excluding carboxylic acids is 1. The summed E-state index contributed by atoms with van der Waals surface area (Å²) in [5.41, 5.74) is 7.71. The normalized spacial score (nSPS) is 10.9. The van der Waals surface area contributed by atoms with Crippen molar-refractivity contribution in [1.29, 1.82) is 0 Å². The van der Waals surface area contributed by atoms with Crippen molar-refractivity contribution in [2.45, 2.75) is 13.8 Å². The molecule has 1 amide bonds. The molecule has 0 aliphatic rings. The van der Waals surface area contributed by atoms with Crippen LogP contribution in [0.4, 0.5) is 0 Å². The number of nitrogens with zero attached hydrogens (tertiary/aromatic N) is 3. The van der Waals surface area contributed by atoms with Gasteiger partial charge in [0, 0.05) is 23.5 Å². The summed E-state index contributed by atoms with van der Waals surface area (Å²) in [5.74, 6) is -0.349. The number of amides is 1. The molecule has 0 saturated carbocycles. The predicted octanol–water partition coefficient (Wildman–Crippen LogP) is 2.85. The second kappa shape index (κ2) is 6.87. The summed E-state index contributed by atoms with van der Waals surface area (Å²) in [5, 5.41) is 10.8. The lowest BCUT2D eigenvalue weighted by molar-refractivity contribution is 0.0950. The fourth-order valence-corrected chi connectivity index (χ4v) is 2.16. The van der Waals surface area contributed by atoms with Crippen molar-refractivity contribution in [3.63, 3.8) is 0 Å². The van der Waals surface area contributed by atoms with E-state index in [9.17, 15) is 4.79 Å². The molecule has 120 valence electrons. The van der Waals surface area contributed by atoms with Gasteiger partial charge in [0.1, 0.15) is 5.69 Å². The molecule has 0 atom stereocenters. The average Bonchev–Trinajstić information content (AvgIpc) is 3.08. The van der Waals surface area contributed by atoms with Crippen molar-refractivity contribution >= 4 is 12.1 Å². The first-order chi connectivity index (χ1) is 11.6. The Labute approximate surface area is 139 Å². The Hall–Kier alpha value is -3.28. The van der Waals surface area contributed by atoms with Crippen molar-refractivity contribution in [3.05, 3.63) is 71.2 Å². The maximum atomic E-state index is 12.1. The van der Waals surface area contributed by atoms with E-state index in [1.165, 1.54) is 17.3 Å². The largest absolute Gasteiger partial charge is 0.289 e. The van der Waals surface area contributed by atoms with Gasteiger partial charge in [-0.3, -0.25) is 14.9 Å². The SMILES string of the molecule is Cc1ccc(-c2cc(C(=O)N/N=C/c3cccnc3)[nH]n2)cc1C. The van der Waals surface area contributed by atoms with Crippen LogP contribution in [0.1, 0.15) is 27.2 Å². The second-order valence-corrected chi connectivity index (χ2v) is 5.45. The molecule has 0 aliphatic carbocycles. The molecule has 2 N–H and O–H groups in total. The highest BCUT2D eigenvalue weighted by molar-refractivity contribution is 5.94. The van der Waals surface area contributed by atoms with Crippen molar-refractivity contribution in [2.75, 3.05) is 0 Å². The summed E-state index contributed by atoms with van der Waals surface area (Å²) in [6.45, 7) is 4.11. The van der Waals surface area contributed by atoms with E-state index in [4.69, 9.17) is 0 Å². The Morgan fingerprint density at radius 2 is 2.08 bits per heavy atom. The van der Waals surface area contributed by atoms with E-state index < -0.39 is 0 Å². The lowest BCUT2D eigenvalue weighted by atomic mass is 10.0. The van der Waals surface area contributed by atoms with Crippen LogP contribution < -0.4 is 5.43 Å². The van der Waals surface area contributed by atoms with Gasteiger partial charge < -0.3 is 0 Å². The number of benzene rings is 1. The Balaban J connectivity index is 1.69. The van der Waals surface area contributed by atoms with E-state index in [0.717, 1.165) is 16.8 Å². The van der Waals surface area contributed by atoms with Crippen LogP contribution >= 0.6 is 0 Å². The monoisotopic (exact) mass is 319 g/mol. The number of carbonyl (C=O) groups is 1. The molecule has 2 heterocycles. The highest BCUT2D eigenvalue weighted by Gasteiger charge is 2.10. The summed E-state index contributed by atoms with van der Waals surface area (Å²) in [7, 11) is 0. The van der Waals surface area contributed by atoms with Crippen LogP contribution in [0.2, 0.25) is 0 Å². The third-order valence-electron chi connectivity index (χ3n) is 3.69. The molecule has 2 aromatic heterocycles. The first-order valence-electron chi connectivity index (χ1n) is 7.50. The van der Waals surface area contributed by atoms with Crippen LogP contribution in [0.25, 0.3) is 11.3 Å². The number of rotatable bonds is 4. The van der Waals surface area contributed by atoms with Gasteiger partial charge in [0.05, 0.1) is 11.9 Å². The van der Waals surface area contributed by atoms with Crippen LogP contribution in [0.5, 0.6) is 0 Å². The maximum Gasteiger partial charge on any atom is 0.289 e. The lowest BCUT2D eigenvalue weighted by Crippen LogP contribution is -2.18. The third-order valence-corrected chi connectivity index (χ3v) is 3.69. The fourth-order valence-electron chi connectivity index (χ4n) is 2.16. The van der Waals surface area contributed by atoms with Crippen molar-refractivity contribution < 1.29 is 4.79 Å². The van der Waals surface area contributed by atoms with Crippen LogP contribution in [-0.4, -0.2) is 27.3 Å². The summed E-state index contributed by atoms with van der Waals surface area (Å²) >= 11 is 0. The van der Waals surface area contributed by atoms with Gasteiger partial charge in [0.25, 0.3) is 5.91 Å². The Morgan fingerprint density at radius 1 is 1.21 bits per heavy atom. The zero-order valence-corrected chi connectivity index (χ0v) is 13.4. The van der Waals surface area contributed by atoms with Crippen LogP contribution in [-0.2, 0) is 0 Å². The molecule has 0 aliphatic heterocycles. The highest BCUT2D eigenvalue weighted by Crippen LogP contribution is 2.20. The van der Waals surface area contributed by atoms with Crippen molar-refractivity contribution in [1.82, 2.24) is 20.6 Å². The number of hydrazone groups is 1. The molecule has 6 heteroatoms. The molecule has 0 saturated heterocycles. The molecular formula is C18H17N5O. The summed E-state index contributed by atoms with van der Waals surface area (Å²) in [6.07, 6.45) is 4.87. The van der Waals surface area contributed by atoms with Crippen molar-refractivity contribution in [2.24, 2.45) is 5.10 Å². The van der Waals surface area contributed by atoms with E-state index in [1.807, 2.05) is 31.2 Å². The summed E-state index contributed by atoms with van der Waals surface area (Å²) in [6, 6.07) is 11.4. The number of pyridine rings is 1. The molecule has 3 rings (SSSR count). The number of hydrogen-bond acceptors (Lipinski definition) is 4. The Bertz CT molecular complexity index is 883. The van der Waals surface area contributed by atoms with Crippen LogP contribution in [0, 0.1) is 13.8 Å². The third kappa shape index (κ3) is 3.55. The molecule has 0 bridgehead atoms. The predicted molar refractivity (Wildman–Crippen MR) is 92.8 cm³/mol. The average molecular weight is 319 g/mol. The standard InChI is InChI=1S/C18H17N5O/c1-12-5-6-15(8-13(12)2)16-9-17(22-21-16)18(24)23-20-11-14-4-3-7-19-10-14/h3-11H,1-2H3,(H,21,22)(H,23,24)/b20-11+. The van der Waals surface area contributed by atoms with E-state index in [0.29, 0.717) is 5.69 Å². The number of aryl methyl sites for hydroxylation is 2. The summed E-state index contributed by atoms with van der Waals surface area (Å²) < 4.78 is 0. The van der Waals surface area contributed by atoms with Gasteiger partial charge in [-0.2, -0.15) is 10.2 Å². The van der Waals surface area contributed by atoms with E-state index in [2.05, 4.69) is 32.6 Å². The highest BCUT2D eigenvalue weighted by atomic mass is 16.2. The molecular weight excluding hydrogens is 302 g/mol. The maximum absolute atomic E-state index is 12.1. The molecule has 0 unspecified atom stereocenters. The minimum absolute atomic E-state index is 0.349. The lowest BCUT2D eigenvalue weighted by Gasteiger charge is -2.01. The van der Waals surface area contributed by atoms with Crippen molar-refractivity contribution in [3.8, 4) is 11.3 Å². The van der Waals surface area contributed by atoms with E-state index in [-0.39, 0.29) is 5.91 Å². The number of hydrogen-bond donors (Lipinski definition) is 2. The second-order valence-electron chi connectivity index (χ2n) is 5.45. The van der Waals surface area contributed by atoms with Gasteiger partial charge in [0.15, 0.2) is 0 Å². The Kier molecular flexibility index (Phi) is 4.47. The van der Waals surface area contributed by atoms with Crippen LogP contribution in [0.15, 0.2) is 53.9 Å². The number of H-pyrrole nitrogens is 1. The molecule has 0 radical (unpaired) electrons. The van der Waals surface area contributed by atoms with E-state index in [1.54, 1.807) is 24.5 Å². The van der Waals surface area contributed by atoms with Gasteiger partial charge in [0.2, 0.25) is 0 Å². The number of aromatic nitrogens is 3. The quantitative estimate of drug-likeness (QED) is 0.573. The smallest absolute Gasteiger partial charge is 0.272 e. The Morgan fingerprint density at radius 3 is 2.83 bits per heavy atom. The molecule has 24 heavy (non-hydrogen) atoms. The number of nitrogens with one attached hydrogen (secondary N) is 2. The first-order valence-corrected chi connectivity index (χ1v) is 7.50.